The van der Waals surface area contributed by atoms with E-state index in [1.54, 1.807) is 38.2 Å². The summed E-state index contributed by atoms with van der Waals surface area (Å²) in [6, 6.07) is 11.9. The zero-order valence-corrected chi connectivity index (χ0v) is 14.5. The summed E-state index contributed by atoms with van der Waals surface area (Å²) >= 11 is 0. The molecule has 0 aliphatic carbocycles. The summed E-state index contributed by atoms with van der Waals surface area (Å²) in [5, 5.41) is 0. The first-order valence-electron chi connectivity index (χ1n) is 7.36. The highest BCUT2D eigenvalue weighted by atomic mass is 32.2. The molecule has 0 aliphatic heterocycles. The molecule has 0 unspecified atom stereocenters. The number of halogens is 1. The van der Waals surface area contributed by atoms with Gasteiger partial charge in [-0.15, -0.1) is 0 Å². The summed E-state index contributed by atoms with van der Waals surface area (Å²) in [7, 11) is -0.278. The molecule has 0 aliphatic rings. The molecule has 0 atom stereocenters. The molecule has 5 nitrogen and oxygen atoms in total. The predicted octanol–water partition coefficient (Wildman–Crippen LogP) is 2.89. The Labute approximate surface area is 141 Å². The highest BCUT2D eigenvalue weighted by Gasteiger charge is 2.17. The van der Waals surface area contributed by atoms with Gasteiger partial charge < -0.3 is 4.90 Å². The molecule has 0 aromatic heterocycles. The van der Waals surface area contributed by atoms with Gasteiger partial charge in [-0.3, -0.25) is 9.10 Å². The lowest BCUT2D eigenvalue weighted by molar-refractivity contribution is 0.0993. The molecule has 2 aromatic carbocycles. The quantitative estimate of drug-likeness (QED) is 0.833. The molecule has 0 spiro atoms. The number of anilines is 2. The average Bonchev–Trinajstić information content (AvgIpc) is 2.60. The summed E-state index contributed by atoms with van der Waals surface area (Å²) in [6.07, 6.45) is 0. The predicted molar refractivity (Wildman–Crippen MR) is 93.4 cm³/mol. The van der Waals surface area contributed by atoms with Crippen LogP contribution in [0.2, 0.25) is 0 Å². The van der Waals surface area contributed by atoms with Crippen molar-refractivity contribution in [2.24, 2.45) is 0 Å². The molecule has 7 heteroatoms. The Bertz CT molecular complexity index is 818. The van der Waals surface area contributed by atoms with Crippen LogP contribution in [0.4, 0.5) is 15.8 Å². The topological polar surface area (TPSA) is 57.7 Å². The third kappa shape index (κ3) is 3.73. The third-order valence-corrected chi connectivity index (χ3v) is 5.55. The summed E-state index contributed by atoms with van der Waals surface area (Å²) < 4.78 is 37.9. The van der Waals surface area contributed by atoms with Crippen LogP contribution in [0, 0.1) is 5.82 Å². The van der Waals surface area contributed by atoms with E-state index in [2.05, 4.69) is 0 Å². The molecule has 24 heavy (non-hydrogen) atoms. The standard InChI is InChI=1S/C17H19FN2O3S/c1-4-24(22,23)20(3)16-9-5-13(6-10-16)17(21)19(2)15-11-7-14(18)8-12-15/h5-12H,4H2,1-3H3. The third-order valence-electron chi connectivity index (χ3n) is 3.78. The lowest BCUT2D eigenvalue weighted by Gasteiger charge is -2.20. The van der Waals surface area contributed by atoms with Crippen LogP contribution in [0.25, 0.3) is 0 Å². The minimum Gasteiger partial charge on any atom is -0.311 e. The average molecular weight is 350 g/mol. The Morgan fingerprint density at radius 3 is 1.96 bits per heavy atom. The Hall–Kier alpha value is -2.41. The maximum Gasteiger partial charge on any atom is 0.258 e. The Kier molecular flexibility index (Phi) is 5.23. The SMILES string of the molecule is CCS(=O)(=O)N(C)c1ccc(C(=O)N(C)c2ccc(F)cc2)cc1. The zero-order valence-electron chi connectivity index (χ0n) is 13.7. The fraction of sp³-hybridized carbons (Fsp3) is 0.235. The van der Waals surface area contributed by atoms with Gasteiger partial charge in [0, 0.05) is 25.3 Å². The number of carbonyl (C=O) groups excluding carboxylic acids is 1. The molecule has 0 saturated heterocycles. The molecule has 0 N–H and O–H groups in total. The van der Waals surface area contributed by atoms with E-state index < -0.39 is 10.0 Å². The van der Waals surface area contributed by atoms with Gasteiger partial charge in [-0.1, -0.05) is 0 Å². The minimum absolute atomic E-state index is 0.00249. The molecule has 128 valence electrons. The van der Waals surface area contributed by atoms with E-state index in [-0.39, 0.29) is 17.5 Å². The number of hydrogen-bond donors (Lipinski definition) is 0. The Morgan fingerprint density at radius 2 is 1.46 bits per heavy atom. The molecule has 1 amide bonds. The van der Waals surface area contributed by atoms with Crippen LogP contribution in [0.1, 0.15) is 17.3 Å². The Balaban J connectivity index is 2.21. The number of carbonyl (C=O) groups is 1. The minimum atomic E-state index is -3.35. The number of amides is 1. The number of benzene rings is 2. The molecule has 2 aromatic rings. The van der Waals surface area contributed by atoms with E-state index in [0.29, 0.717) is 16.9 Å². The first kappa shape index (κ1) is 17.9. The van der Waals surface area contributed by atoms with Crippen molar-refractivity contribution in [3.05, 3.63) is 59.9 Å². The Morgan fingerprint density at radius 1 is 0.958 bits per heavy atom. The number of hydrogen-bond acceptors (Lipinski definition) is 3. The second-order valence-corrected chi connectivity index (χ2v) is 7.54. The summed E-state index contributed by atoms with van der Waals surface area (Å²) in [4.78, 5) is 13.9. The van der Waals surface area contributed by atoms with E-state index in [1.165, 1.54) is 40.5 Å². The lowest BCUT2D eigenvalue weighted by Crippen LogP contribution is -2.28. The molecule has 0 heterocycles. The molecule has 0 fully saturated rings. The van der Waals surface area contributed by atoms with Crippen molar-refractivity contribution in [2.75, 3.05) is 29.1 Å². The fourth-order valence-electron chi connectivity index (χ4n) is 2.14. The van der Waals surface area contributed by atoms with Gasteiger partial charge in [-0.2, -0.15) is 0 Å². The molecule has 0 radical (unpaired) electrons. The van der Waals surface area contributed by atoms with Crippen LogP contribution >= 0.6 is 0 Å². The smallest absolute Gasteiger partial charge is 0.258 e. The number of sulfonamides is 1. The van der Waals surface area contributed by atoms with Gasteiger partial charge >= 0.3 is 0 Å². The summed E-state index contributed by atoms with van der Waals surface area (Å²) in [5.74, 6) is -0.643. The van der Waals surface area contributed by atoms with E-state index in [4.69, 9.17) is 0 Å². The van der Waals surface area contributed by atoms with Crippen LogP contribution in [0.5, 0.6) is 0 Å². The molecular formula is C17H19FN2O3S. The van der Waals surface area contributed by atoms with Gasteiger partial charge in [0.1, 0.15) is 5.82 Å². The van der Waals surface area contributed by atoms with Crippen molar-refractivity contribution in [2.45, 2.75) is 6.92 Å². The molecular weight excluding hydrogens is 331 g/mol. The van der Waals surface area contributed by atoms with Gasteiger partial charge in [-0.25, -0.2) is 12.8 Å². The van der Waals surface area contributed by atoms with E-state index in [0.717, 1.165) is 0 Å². The summed E-state index contributed by atoms with van der Waals surface area (Å²) in [5.41, 5.74) is 1.46. The first-order valence-corrected chi connectivity index (χ1v) is 8.97. The van der Waals surface area contributed by atoms with Gasteiger partial charge in [0.15, 0.2) is 0 Å². The van der Waals surface area contributed by atoms with Gasteiger partial charge in [0.25, 0.3) is 5.91 Å². The van der Waals surface area contributed by atoms with Crippen molar-refractivity contribution in [1.82, 2.24) is 0 Å². The monoisotopic (exact) mass is 350 g/mol. The second-order valence-electron chi connectivity index (χ2n) is 5.26. The van der Waals surface area contributed by atoms with Crippen LogP contribution in [-0.2, 0) is 10.0 Å². The van der Waals surface area contributed by atoms with Crippen molar-refractivity contribution >= 4 is 27.3 Å². The highest BCUT2D eigenvalue weighted by molar-refractivity contribution is 7.92. The van der Waals surface area contributed by atoms with Gasteiger partial charge in [0.2, 0.25) is 10.0 Å². The van der Waals surface area contributed by atoms with E-state index >= 15 is 0 Å². The van der Waals surface area contributed by atoms with Gasteiger partial charge in [-0.05, 0) is 55.5 Å². The van der Waals surface area contributed by atoms with Crippen LogP contribution < -0.4 is 9.21 Å². The number of nitrogens with zero attached hydrogens (tertiary/aromatic N) is 2. The molecule has 0 saturated carbocycles. The van der Waals surface area contributed by atoms with E-state index in [9.17, 15) is 17.6 Å². The molecule has 2 rings (SSSR count). The lowest BCUT2D eigenvalue weighted by atomic mass is 10.1. The van der Waals surface area contributed by atoms with Crippen molar-refractivity contribution in [3.63, 3.8) is 0 Å². The van der Waals surface area contributed by atoms with Gasteiger partial charge in [0.05, 0.1) is 11.4 Å². The normalized spacial score (nSPS) is 11.2. The molecule has 0 bridgehead atoms. The fourth-order valence-corrected chi connectivity index (χ4v) is 2.97. The highest BCUT2D eigenvalue weighted by Crippen LogP contribution is 2.20. The van der Waals surface area contributed by atoms with Crippen LogP contribution in [-0.4, -0.2) is 34.2 Å². The number of rotatable bonds is 5. The zero-order chi connectivity index (χ0) is 17.9. The van der Waals surface area contributed by atoms with Crippen LogP contribution in [0.15, 0.2) is 48.5 Å². The largest absolute Gasteiger partial charge is 0.311 e. The maximum atomic E-state index is 13.0. The van der Waals surface area contributed by atoms with Crippen molar-refractivity contribution < 1.29 is 17.6 Å². The second kappa shape index (κ2) is 7.00. The van der Waals surface area contributed by atoms with Crippen LogP contribution in [0.3, 0.4) is 0 Å². The van der Waals surface area contributed by atoms with E-state index in [1.807, 2.05) is 0 Å². The summed E-state index contributed by atoms with van der Waals surface area (Å²) in [6.45, 7) is 1.57. The van der Waals surface area contributed by atoms with Crippen molar-refractivity contribution in [3.8, 4) is 0 Å². The first-order chi connectivity index (χ1) is 11.3. The maximum absolute atomic E-state index is 13.0. The van der Waals surface area contributed by atoms with Crippen molar-refractivity contribution in [1.29, 1.82) is 0 Å².